The van der Waals surface area contributed by atoms with Crippen molar-refractivity contribution in [1.82, 2.24) is 10.2 Å². The minimum absolute atomic E-state index is 0. The zero-order chi connectivity index (χ0) is 15.6. The van der Waals surface area contributed by atoms with Crippen LogP contribution in [-0.2, 0) is 0 Å². The molecule has 1 aliphatic heterocycles. The average Bonchev–Trinajstić information content (AvgIpc) is 2.55. The smallest absolute Gasteiger partial charge is 0.119 e. The second-order valence-corrected chi connectivity index (χ2v) is 6.03. The number of hydrogen-bond acceptors (Lipinski definition) is 4. The molecule has 23 heavy (non-hydrogen) atoms. The molecular weight excluding hydrogens is 312 g/mol. The van der Waals surface area contributed by atoms with E-state index in [0.29, 0.717) is 0 Å². The van der Waals surface area contributed by atoms with Crippen molar-refractivity contribution in [2.75, 3.05) is 46.4 Å². The van der Waals surface area contributed by atoms with Crippen LogP contribution in [0.15, 0.2) is 24.3 Å². The van der Waals surface area contributed by atoms with E-state index in [-0.39, 0.29) is 12.4 Å². The van der Waals surface area contributed by atoms with Gasteiger partial charge >= 0.3 is 0 Å². The van der Waals surface area contributed by atoms with Crippen LogP contribution < -0.4 is 14.8 Å². The molecule has 0 radical (unpaired) electrons. The molecule has 1 aromatic carbocycles. The highest BCUT2D eigenvalue weighted by atomic mass is 35.5. The molecular formula is C18H31ClN2O2. The van der Waals surface area contributed by atoms with Gasteiger partial charge in [0.25, 0.3) is 0 Å². The normalized spacial score (nSPS) is 18.3. The van der Waals surface area contributed by atoms with Crippen LogP contribution >= 0.6 is 12.4 Å². The molecule has 4 nitrogen and oxygen atoms in total. The van der Waals surface area contributed by atoms with Crippen LogP contribution in [0.3, 0.4) is 0 Å². The SMILES string of the molecule is CCCOc1ccc(OCCN2CCCC(CNC)C2)cc1.Cl. The number of halogens is 1. The highest BCUT2D eigenvalue weighted by Crippen LogP contribution is 2.18. The Balaban J connectivity index is 0.00000264. The van der Waals surface area contributed by atoms with Gasteiger partial charge in [-0.2, -0.15) is 0 Å². The van der Waals surface area contributed by atoms with E-state index in [2.05, 4.69) is 17.1 Å². The fourth-order valence-electron chi connectivity index (χ4n) is 2.95. The van der Waals surface area contributed by atoms with Gasteiger partial charge in [-0.3, -0.25) is 4.90 Å². The van der Waals surface area contributed by atoms with Crippen molar-refractivity contribution in [3.05, 3.63) is 24.3 Å². The van der Waals surface area contributed by atoms with Crippen LogP contribution in [0.5, 0.6) is 11.5 Å². The fourth-order valence-corrected chi connectivity index (χ4v) is 2.95. The van der Waals surface area contributed by atoms with Crippen molar-refractivity contribution < 1.29 is 9.47 Å². The van der Waals surface area contributed by atoms with Crippen molar-refractivity contribution >= 4 is 12.4 Å². The number of rotatable bonds is 9. The molecule has 1 unspecified atom stereocenters. The van der Waals surface area contributed by atoms with Gasteiger partial charge in [0, 0.05) is 13.1 Å². The first kappa shape index (κ1) is 20.1. The molecule has 0 aliphatic carbocycles. The van der Waals surface area contributed by atoms with Crippen molar-refractivity contribution in [3.8, 4) is 11.5 Å². The number of likely N-dealkylation sites (tertiary alicyclic amines) is 1. The van der Waals surface area contributed by atoms with Crippen LogP contribution in [0.4, 0.5) is 0 Å². The maximum Gasteiger partial charge on any atom is 0.119 e. The van der Waals surface area contributed by atoms with E-state index < -0.39 is 0 Å². The molecule has 1 aromatic rings. The maximum absolute atomic E-state index is 5.85. The molecule has 1 fully saturated rings. The van der Waals surface area contributed by atoms with Crippen LogP contribution in [0.2, 0.25) is 0 Å². The summed E-state index contributed by atoms with van der Waals surface area (Å²) in [5, 5.41) is 3.29. The first-order valence-electron chi connectivity index (χ1n) is 8.54. The minimum atomic E-state index is 0. The van der Waals surface area contributed by atoms with Gasteiger partial charge in [0.1, 0.15) is 18.1 Å². The molecule has 2 rings (SSSR count). The summed E-state index contributed by atoms with van der Waals surface area (Å²) in [6.45, 7) is 8.15. The molecule has 0 bridgehead atoms. The summed E-state index contributed by atoms with van der Waals surface area (Å²) < 4.78 is 11.4. The Bertz CT molecular complexity index is 412. The van der Waals surface area contributed by atoms with Crippen molar-refractivity contribution in [2.45, 2.75) is 26.2 Å². The number of hydrogen-bond donors (Lipinski definition) is 1. The van der Waals surface area contributed by atoms with E-state index in [1.807, 2.05) is 31.3 Å². The van der Waals surface area contributed by atoms with Gasteiger partial charge in [-0.05, 0) is 69.6 Å². The van der Waals surface area contributed by atoms with Gasteiger partial charge in [0.05, 0.1) is 6.61 Å². The van der Waals surface area contributed by atoms with E-state index in [0.717, 1.165) is 50.1 Å². The van der Waals surface area contributed by atoms with Gasteiger partial charge in [-0.1, -0.05) is 6.92 Å². The third-order valence-electron chi connectivity index (χ3n) is 4.07. The molecule has 1 N–H and O–H groups in total. The largest absolute Gasteiger partial charge is 0.494 e. The Morgan fingerprint density at radius 2 is 1.78 bits per heavy atom. The van der Waals surface area contributed by atoms with Crippen LogP contribution in [-0.4, -0.2) is 51.3 Å². The van der Waals surface area contributed by atoms with Crippen LogP contribution in [0.25, 0.3) is 0 Å². The second kappa shape index (κ2) is 11.5. The van der Waals surface area contributed by atoms with Gasteiger partial charge < -0.3 is 14.8 Å². The topological polar surface area (TPSA) is 33.7 Å². The lowest BCUT2D eigenvalue weighted by molar-refractivity contribution is 0.146. The molecule has 0 amide bonds. The zero-order valence-corrected chi connectivity index (χ0v) is 15.2. The molecule has 0 aromatic heterocycles. The van der Waals surface area contributed by atoms with Crippen molar-refractivity contribution in [2.24, 2.45) is 5.92 Å². The third kappa shape index (κ3) is 7.42. The lowest BCUT2D eigenvalue weighted by Gasteiger charge is -2.32. The lowest BCUT2D eigenvalue weighted by Crippen LogP contribution is -2.40. The summed E-state index contributed by atoms with van der Waals surface area (Å²) in [4.78, 5) is 2.52. The van der Waals surface area contributed by atoms with E-state index >= 15 is 0 Å². The van der Waals surface area contributed by atoms with E-state index in [9.17, 15) is 0 Å². The van der Waals surface area contributed by atoms with Gasteiger partial charge in [-0.15, -0.1) is 12.4 Å². The zero-order valence-electron chi connectivity index (χ0n) is 14.4. The summed E-state index contributed by atoms with van der Waals surface area (Å²) >= 11 is 0. The van der Waals surface area contributed by atoms with Gasteiger partial charge in [-0.25, -0.2) is 0 Å². The average molecular weight is 343 g/mol. The summed E-state index contributed by atoms with van der Waals surface area (Å²) in [5.41, 5.74) is 0. The van der Waals surface area contributed by atoms with Crippen LogP contribution in [0.1, 0.15) is 26.2 Å². The predicted octanol–water partition coefficient (Wildman–Crippen LogP) is 3.21. The Morgan fingerprint density at radius 3 is 2.39 bits per heavy atom. The minimum Gasteiger partial charge on any atom is -0.494 e. The molecule has 0 spiro atoms. The number of benzene rings is 1. The molecule has 1 aliphatic rings. The lowest BCUT2D eigenvalue weighted by atomic mass is 9.98. The number of ether oxygens (including phenoxy) is 2. The Morgan fingerprint density at radius 1 is 1.13 bits per heavy atom. The fraction of sp³-hybridized carbons (Fsp3) is 0.667. The second-order valence-electron chi connectivity index (χ2n) is 6.03. The number of nitrogens with one attached hydrogen (secondary N) is 1. The molecule has 5 heteroatoms. The molecule has 1 heterocycles. The summed E-state index contributed by atoms with van der Waals surface area (Å²) in [6, 6.07) is 7.94. The highest BCUT2D eigenvalue weighted by Gasteiger charge is 2.18. The summed E-state index contributed by atoms with van der Waals surface area (Å²) in [6.07, 6.45) is 3.68. The predicted molar refractivity (Wildman–Crippen MR) is 98.1 cm³/mol. The Hall–Kier alpha value is -0.970. The Kier molecular flexibility index (Phi) is 10.1. The number of piperidine rings is 1. The Labute approximate surface area is 146 Å². The molecule has 1 atom stereocenters. The van der Waals surface area contributed by atoms with Gasteiger partial charge in [0.2, 0.25) is 0 Å². The van der Waals surface area contributed by atoms with E-state index in [4.69, 9.17) is 9.47 Å². The maximum atomic E-state index is 5.85. The highest BCUT2D eigenvalue weighted by molar-refractivity contribution is 5.85. The first-order chi connectivity index (χ1) is 10.8. The number of nitrogens with zero attached hydrogens (tertiary/aromatic N) is 1. The van der Waals surface area contributed by atoms with Crippen molar-refractivity contribution in [1.29, 1.82) is 0 Å². The standard InChI is InChI=1S/C18H30N2O2.ClH/c1-3-12-21-17-6-8-18(9-7-17)22-13-11-20-10-4-5-16(15-20)14-19-2;/h6-9,16,19H,3-5,10-15H2,1-2H3;1H. The van der Waals surface area contributed by atoms with Crippen molar-refractivity contribution in [3.63, 3.8) is 0 Å². The summed E-state index contributed by atoms with van der Waals surface area (Å²) in [7, 11) is 2.04. The first-order valence-corrected chi connectivity index (χ1v) is 8.54. The quantitative estimate of drug-likeness (QED) is 0.747. The molecule has 132 valence electrons. The van der Waals surface area contributed by atoms with E-state index in [1.54, 1.807) is 0 Å². The van der Waals surface area contributed by atoms with Crippen LogP contribution in [0, 0.1) is 5.92 Å². The van der Waals surface area contributed by atoms with E-state index in [1.165, 1.54) is 25.9 Å². The molecule has 1 saturated heterocycles. The summed E-state index contributed by atoms with van der Waals surface area (Å²) in [5.74, 6) is 2.63. The third-order valence-corrected chi connectivity index (χ3v) is 4.07. The van der Waals surface area contributed by atoms with Gasteiger partial charge in [0.15, 0.2) is 0 Å². The monoisotopic (exact) mass is 342 g/mol. The molecule has 0 saturated carbocycles.